The van der Waals surface area contributed by atoms with E-state index in [0.717, 1.165) is 6.42 Å². The molecule has 5 nitrogen and oxygen atoms in total. The summed E-state index contributed by atoms with van der Waals surface area (Å²) in [6.07, 6.45) is 0.751. The van der Waals surface area contributed by atoms with Gasteiger partial charge in [-0.25, -0.2) is 4.68 Å². The molecule has 1 aromatic heterocycles. The van der Waals surface area contributed by atoms with Crippen LogP contribution >= 0.6 is 0 Å². The van der Waals surface area contributed by atoms with E-state index in [4.69, 9.17) is 11.6 Å². The van der Waals surface area contributed by atoms with E-state index in [0.29, 0.717) is 5.82 Å². The normalized spacial score (nSPS) is 9.89. The molecule has 0 unspecified atom stereocenters. The first-order chi connectivity index (χ1) is 4.25. The monoisotopic (exact) mass is 127 g/mol. The fraction of sp³-hybridized carbons (Fsp3) is 0.500. The number of hydrogen-bond donors (Lipinski definition) is 2. The van der Waals surface area contributed by atoms with Crippen molar-refractivity contribution in [3.63, 3.8) is 0 Å². The van der Waals surface area contributed by atoms with Gasteiger partial charge >= 0.3 is 0 Å². The fourth-order valence-electron chi connectivity index (χ4n) is 0.579. The van der Waals surface area contributed by atoms with Crippen LogP contribution in [0.2, 0.25) is 0 Å². The predicted molar refractivity (Wildman–Crippen MR) is 34.0 cm³/mol. The molecule has 4 N–H and O–H groups in total. The van der Waals surface area contributed by atoms with Gasteiger partial charge in [0, 0.05) is 6.42 Å². The van der Waals surface area contributed by atoms with Crippen LogP contribution in [0.4, 0.5) is 5.95 Å². The number of aryl methyl sites for hydroxylation is 1. The lowest BCUT2D eigenvalue weighted by Gasteiger charge is -1.94. The lowest BCUT2D eigenvalue weighted by molar-refractivity contribution is 0.859. The fourth-order valence-corrected chi connectivity index (χ4v) is 0.579. The van der Waals surface area contributed by atoms with Crippen LogP contribution in [0.1, 0.15) is 12.7 Å². The van der Waals surface area contributed by atoms with Gasteiger partial charge in [-0.3, -0.25) is 0 Å². The largest absolute Gasteiger partial charge is 0.366 e. The summed E-state index contributed by atoms with van der Waals surface area (Å²) in [7, 11) is 0. The molecule has 0 spiro atoms. The van der Waals surface area contributed by atoms with Crippen molar-refractivity contribution in [1.82, 2.24) is 14.9 Å². The van der Waals surface area contributed by atoms with Crippen molar-refractivity contribution >= 4 is 5.95 Å². The molecule has 5 heteroatoms. The van der Waals surface area contributed by atoms with E-state index in [9.17, 15) is 0 Å². The first-order valence-electron chi connectivity index (χ1n) is 2.70. The number of rotatable bonds is 1. The summed E-state index contributed by atoms with van der Waals surface area (Å²) in [5.41, 5.74) is 5.28. The Bertz CT molecular complexity index is 203. The van der Waals surface area contributed by atoms with E-state index >= 15 is 0 Å². The number of aromatic nitrogens is 3. The summed E-state index contributed by atoms with van der Waals surface area (Å²) in [5, 5.41) is 7.25. The molecule has 0 fully saturated rings. The van der Waals surface area contributed by atoms with Crippen molar-refractivity contribution in [2.45, 2.75) is 13.3 Å². The Hall–Kier alpha value is -1.26. The Morgan fingerprint density at radius 3 is 2.44 bits per heavy atom. The minimum atomic E-state index is 0.256. The second-order valence-corrected chi connectivity index (χ2v) is 1.70. The topological polar surface area (TPSA) is 82.8 Å². The minimum absolute atomic E-state index is 0.256. The van der Waals surface area contributed by atoms with Gasteiger partial charge in [0.2, 0.25) is 5.95 Å². The Balaban J connectivity index is 3.04. The molecule has 0 aliphatic rings. The van der Waals surface area contributed by atoms with Gasteiger partial charge in [-0.15, -0.1) is 10.2 Å². The summed E-state index contributed by atoms with van der Waals surface area (Å²) in [4.78, 5) is 0. The highest BCUT2D eigenvalue weighted by Gasteiger charge is 2.01. The molecular weight excluding hydrogens is 118 g/mol. The van der Waals surface area contributed by atoms with E-state index in [2.05, 4.69) is 10.2 Å². The van der Waals surface area contributed by atoms with E-state index in [1.54, 1.807) is 0 Å². The van der Waals surface area contributed by atoms with Crippen LogP contribution in [0.15, 0.2) is 0 Å². The summed E-state index contributed by atoms with van der Waals surface area (Å²) in [6, 6.07) is 0. The van der Waals surface area contributed by atoms with E-state index in [1.807, 2.05) is 6.92 Å². The SMILES string of the molecule is CCc1nnc(N)n1N. The number of nitrogen functional groups attached to an aromatic ring is 2. The molecule has 0 bridgehead atoms. The highest BCUT2D eigenvalue weighted by Crippen LogP contribution is 1.96. The smallest absolute Gasteiger partial charge is 0.240 e. The number of nitrogens with zero attached hydrogens (tertiary/aromatic N) is 3. The van der Waals surface area contributed by atoms with Gasteiger partial charge in [0.15, 0.2) is 5.82 Å². The van der Waals surface area contributed by atoms with Crippen molar-refractivity contribution in [2.75, 3.05) is 11.6 Å². The zero-order valence-electron chi connectivity index (χ0n) is 5.20. The van der Waals surface area contributed by atoms with Crippen LogP contribution in [0.3, 0.4) is 0 Å². The highest BCUT2D eigenvalue weighted by molar-refractivity contribution is 5.16. The van der Waals surface area contributed by atoms with Gasteiger partial charge in [-0.2, -0.15) is 0 Å². The molecule has 0 amide bonds. The maximum Gasteiger partial charge on any atom is 0.240 e. The summed E-state index contributed by atoms with van der Waals surface area (Å²) in [6.45, 7) is 1.94. The third kappa shape index (κ3) is 0.802. The van der Waals surface area contributed by atoms with Crippen LogP contribution in [0.5, 0.6) is 0 Å². The van der Waals surface area contributed by atoms with Crippen LogP contribution in [0.25, 0.3) is 0 Å². The van der Waals surface area contributed by atoms with Gasteiger partial charge in [0.25, 0.3) is 0 Å². The minimum Gasteiger partial charge on any atom is -0.366 e. The standard InChI is InChI=1S/C4H9N5/c1-2-3-7-8-4(5)9(3)6/h2,6H2,1H3,(H2,5,8). The Morgan fingerprint density at radius 1 is 1.56 bits per heavy atom. The van der Waals surface area contributed by atoms with Gasteiger partial charge in [-0.05, 0) is 0 Å². The molecule has 0 saturated carbocycles. The lowest BCUT2D eigenvalue weighted by Crippen LogP contribution is -2.14. The van der Waals surface area contributed by atoms with Crippen LogP contribution < -0.4 is 11.6 Å². The van der Waals surface area contributed by atoms with Crippen LogP contribution in [-0.2, 0) is 6.42 Å². The number of anilines is 1. The summed E-state index contributed by atoms with van der Waals surface area (Å²) >= 11 is 0. The molecule has 0 aromatic carbocycles. The van der Waals surface area contributed by atoms with E-state index < -0.39 is 0 Å². The molecule has 50 valence electrons. The van der Waals surface area contributed by atoms with Crippen molar-refractivity contribution in [1.29, 1.82) is 0 Å². The molecule has 9 heavy (non-hydrogen) atoms. The molecular formula is C4H9N5. The molecule has 0 aliphatic carbocycles. The Kier molecular flexibility index (Phi) is 1.26. The third-order valence-electron chi connectivity index (χ3n) is 1.11. The molecule has 1 heterocycles. The molecule has 0 radical (unpaired) electrons. The van der Waals surface area contributed by atoms with E-state index in [1.165, 1.54) is 4.68 Å². The average molecular weight is 127 g/mol. The number of hydrogen-bond acceptors (Lipinski definition) is 4. The first-order valence-corrected chi connectivity index (χ1v) is 2.70. The molecule has 0 saturated heterocycles. The zero-order valence-corrected chi connectivity index (χ0v) is 5.20. The van der Waals surface area contributed by atoms with Crippen molar-refractivity contribution in [3.05, 3.63) is 5.82 Å². The Labute approximate surface area is 52.6 Å². The van der Waals surface area contributed by atoms with Gasteiger partial charge in [0.1, 0.15) is 0 Å². The second-order valence-electron chi connectivity index (χ2n) is 1.70. The third-order valence-corrected chi connectivity index (χ3v) is 1.11. The van der Waals surface area contributed by atoms with Crippen molar-refractivity contribution in [3.8, 4) is 0 Å². The van der Waals surface area contributed by atoms with Crippen LogP contribution in [0, 0.1) is 0 Å². The van der Waals surface area contributed by atoms with Gasteiger partial charge in [-0.1, -0.05) is 6.92 Å². The van der Waals surface area contributed by atoms with Crippen molar-refractivity contribution < 1.29 is 0 Å². The first kappa shape index (κ1) is 5.87. The second kappa shape index (κ2) is 1.93. The lowest BCUT2D eigenvalue weighted by atomic mass is 10.5. The quantitative estimate of drug-likeness (QED) is 0.481. The predicted octanol–water partition coefficient (Wildman–Crippen LogP) is -0.863. The molecule has 0 atom stereocenters. The maximum atomic E-state index is 5.38. The molecule has 0 aliphatic heterocycles. The zero-order chi connectivity index (χ0) is 6.85. The average Bonchev–Trinajstić information content (AvgIpc) is 2.15. The van der Waals surface area contributed by atoms with Crippen LogP contribution in [-0.4, -0.2) is 14.9 Å². The Morgan fingerprint density at radius 2 is 2.22 bits per heavy atom. The maximum absolute atomic E-state index is 5.38. The molecule has 1 aromatic rings. The van der Waals surface area contributed by atoms with Gasteiger partial charge in [0.05, 0.1) is 0 Å². The van der Waals surface area contributed by atoms with E-state index in [-0.39, 0.29) is 5.95 Å². The summed E-state index contributed by atoms with van der Waals surface area (Å²) in [5.74, 6) is 6.34. The van der Waals surface area contributed by atoms with Gasteiger partial charge < -0.3 is 11.6 Å². The number of nitrogens with two attached hydrogens (primary N) is 2. The summed E-state index contributed by atoms with van der Waals surface area (Å²) < 4.78 is 1.28. The van der Waals surface area contributed by atoms with Crippen molar-refractivity contribution in [2.24, 2.45) is 0 Å². The highest BCUT2D eigenvalue weighted by atomic mass is 15.4. The molecule has 1 rings (SSSR count).